The van der Waals surface area contributed by atoms with Gasteiger partial charge in [0.05, 0.1) is 18.7 Å². The number of nitrogens with one attached hydrogen (secondary N) is 2. The Bertz CT molecular complexity index is 719. The third-order valence-corrected chi connectivity index (χ3v) is 3.67. The molecule has 24 heavy (non-hydrogen) atoms. The monoisotopic (exact) mass is 347 g/mol. The zero-order chi connectivity index (χ0) is 17.5. The Balaban J connectivity index is 1.93. The number of halogens is 1. The van der Waals surface area contributed by atoms with Gasteiger partial charge in [-0.2, -0.15) is 0 Å². The second-order valence-corrected chi connectivity index (χ2v) is 5.60. The van der Waals surface area contributed by atoms with Crippen molar-refractivity contribution >= 4 is 35.0 Å². The first-order valence-electron chi connectivity index (χ1n) is 7.35. The Hall–Kier alpha value is -2.60. The van der Waals surface area contributed by atoms with Crippen LogP contribution in [0.5, 0.6) is 0 Å². The van der Waals surface area contributed by atoms with Crippen LogP contribution in [0.15, 0.2) is 42.6 Å². The van der Waals surface area contributed by atoms with Gasteiger partial charge in [0.1, 0.15) is 0 Å². The molecule has 0 aliphatic heterocycles. The lowest BCUT2D eigenvalue weighted by Gasteiger charge is -2.11. The van der Waals surface area contributed by atoms with E-state index in [-0.39, 0.29) is 17.0 Å². The smallest absolute Gasteiger partial charge is 0.323 e. The summed E-state index contributed by atoms with van der Waals surface area (Å²) in [6, 6.07) is 10.2. The van der Waals surface area contributed by atoms with Crippen LogP contribution in [-0.2, 0) is 16.0 Å². The highest BCUT2D eigenvalue weighted by Gasteiger charge is 2.13. The third-order valence-electron chi connectivity index (χ3n) is 3.36. The molecular weight excluding hydrogens is 330 g/mol. The van der Waals surface area contributed by atoms with Crippen LogP contribution in [0.25, 0.3) is 0 Å². The van der Waals surface area contributed by atoms with Gasteiger partial charge in [-0.15, -0.1) is 0 Å². The predicted molar refractivity (Wildman–Crippen MR) is 93.2 cm³/mol. The van der Waals surface area contributed by atoms with Crippen molar-refractivity contribution in [1.29, 1.82) is 0 Å². The van der Waals surface area contributed by atoms with Crippen LogP contribution >= 0.6 is 11.6 Å². The minimum atomic E-state index is -0.416. The fraction of sp³-hybridized carbons (Fsp3) is 0.235. The average Bonchev–Trinajstić information content (AvgIpc) is 2.58. The molecule has 0 saturated carbocycles. The first kappa shape index (κ1) is 17.7. The molecule has 0 saturated heterocycles. The molecule has 2 rings (SSSR count). The van der Waals surface area contributed by atoms with Crippen LogP contribution in [0.2, 0.25) is 5.15 Å². The van der Waals surface area contributed by atoms with Crippen LogP contribution in [0, 0.1) is 5.92 Å². The molecule has 0 fully saturated rings. The van der Waals surface area contributed by atoms with Crippen LogP contribution < -0.4 is 10.6 Å². The molecule has 1 aromatic heterocycles. The van der Waals surface area contributed by atoms with Gasteiger partial charge in [-0.25, -0.2) is 9.78 Å². The second-order valence-electron chi connectivity index (χ2n) is 5.25. The summed E-state index contributed by atoms with van der Waals surface area (Å²) in [5, 5.41) is 5.55. The van der Waals surface area contributed by atoms with Crippen LogP contribution in [0.3, 0.4) is 0 Å². The van der Waals surface area contributed by atoms with E-state index < -0.39 is 6.03 Å². The topological polar surface area (TPSA) is 80.3 Å². The molecular formula is C17H18ClN3O3. The minimum Gasteiger partial charge on any atom is -0.469 e. The summed E-state index contributed by atoms with van der Waals surface area (Å²) in [6.45, 7) is 1.81. The van der Waals surface area contributed by atoms with Crippen molar-refractivity contribution < 1.29 is 14.3 Å². The zero-order valence-electron chi connectivity index (χ0n) is 13.4. The highest BCUT2D eigenvalue weighted by molar-refractivity contribution is 6.32. The Kier molecular flexibility index (Phi) is 6.14. The zero-order valence-corrected chi connectivity index (χ0v) is 14.1. The Morgan fingerprint density at radius 2 is 1.92 bits per heavy atom. The molecule has 0 bridgehead atoms. The largest absolute Gasteiger partial charge is 0.469 e. The van der Waals surface area contributed by atoms with Crippen molar-refractivity contribution in [3.63, 3.8) is 0 Å². The van der Waals surface area contributed by atoms with E-state index in [1.54, 1.807) is 30.5 Å². The lowest BCUT2D eigenvalue weighted by atomic mass is 10.0. The lowest BCUT2D eigenvalue weighted by Crippen LogP contribution is -2.19. The maximum atomic E-state index is 12.0. The summed E-state index contributed by atoms with van der Waals surface area (Å²) >= 11 is 5.89. The van der Waals surface area contributed by atoms with Gasteiger partial charge in [-0.05, 0) is 36.2 Å². The van der Waals surface area contributed by atoms with E-state index in [1.807, 2.05) is 19.1 Å². The Morgan fingerprint density at radius 1 is 1.21 bits per heavy atom. The Morgan fingerprint density at radius 3 is 2.54 bits per heavy atom. The Labute approximate surface area is 145 Å². The van der Waals surface area contributed by atoms with Gasteiger partial charge < -0.3 is 15.4 Å². The number of hydrogen-bond donors (Lipinski definition) is 2. The first-order chi connectivity index (χ1) is 11.5. The molecule has 6 nitrogen and oxygen atoms in total. The highest BCUT2D eigenvalue weighted by atomic mass is 35.5. The highest BCUT2D eigenvalue weighted by Crippen LogP contribution is 2.18. The van der Waals surface area contributed by atoms with Crippen molar-refractivity contribution in [2.75, 3.05) is 17.7 Å². The fourth-order valence-electron chi connectivity index (χ4n) is 2.13. The fourth-order valence-corrected chi connectivity index (χ4v) is 2.29. The number of pyridine rings is 1. The number of carbonyl (C=O) groups excluding carboxylic acids is 2. The number of amides is 2. The number of methoxy groups -OCH3 is 1. The van der Waals surface area contributed by atoms with E-state index in [4.69, 9.17) is 16.3 Å². The number of aromatic nitrogens is 1. The van der Waals surface area contributed by atoms with Gasteiger partial charge in [0.2, 0.25) is 0 Å². The van der Waals surface area contributed by atoms with Gasteiger partial charge in [-0.3, -0.25) is 4.79 Å². The van der Waals surface area contributed by atoms with Crippen molar-refractivity contribution in [3.8, 4) is 0 Å². The van der Waals surface area contributed by atoms with Crippen LogP contribution in [0.1, 0.15) is 12.5 Å². The minimum absolute atomic E-state index is 0.218. The standard InChI is InChI=1S/C17H18ClN3O3/c1-11(16(22)24-2)10-12-5-7-13(8-6-12)20-17(23)21-14-4-3-9-19-15(14)18/h3-9,11H,10H2,1-2H3,(H2,20,21,23). The number of ether oxygens (including phenoxy) is 1. The summed E-state index contributed by atoms with van der Waals surface area (Å²) < 4.78 is 4.71. The third kappa shape index (κ3) is 4.96. The molecule has 1 atom stereocenters. The van der Waals surface area contributed by atoms with Gasteiger partial charge in [0.25, 0.3) is 0 Å². The van der Waals surface area contributed by atoms with Crippen molar-refractivity contribution in [2.45, 2.75) is 13.3 Å². The molecule has 0 aliphatic rings. The van der Waals surface area contributed by atoms with Crippen LogP contribution in [-0.4, -0.2) is 24.1 Å². The molecule has 1 heterocycles. The molecule has 2 aromatic rings. The number of urea groups is 1. The number of hydrogen-bond acceptors (Lipinski definition) is 4. The molecule has 126 valence electrons. The van der Waals surface area contributed by atoms with Gasteiger partial charge in [-0.1, -0.05) is 30.7 Å². The van der Waals surface area contributed by atoms with E-state index >= 15 is 0 Å². The number of anilines is 2. The maximum Gasteiger partial charge on any atom is 0.323 e. The van der Waals surface area contributed by atoms with E-state index in [2.05, 4.69) is 15.6 Å². The average molecular weight is 348 g/mol. The molecule has 2 amide bonds. The van der Waals surface area contributed by atoms with Gasteiger partial charge >= 0.3 is 12.0 Å². The summed E-state index contributed by atoms with van der Waals surface area (Å²) in [6.07, 6.45) is 2.11. The predicted octanol–water partition coefficient (Wildman–Crippen LogP) is 3.73. The van der Waals surface area contributed by atoms with Crippen LogP contribution in [0.4, 0.5) is 16.2 Å². The van der Waals surface area contributed by atoms with Crippen molar-refractivity contribution in [3.05, 3.63) is 53.3 Å². The number of nitrogens with zero attached hydrogens (tertiary/aromatic N) is 1. The number of esters is 1. The number of rotatable bonds is 5. The van der Waals surface area contributed by atoms with Crippen molar-refractivity contribution in [1.82, 2.24) is 4.98 Å². The summed E-state index contributed by atoms with van der Waals surface area (Å²) in [5.41, 5.74) is 2.04. The molecule has 0 aliphatic carbocycles. The quantitative estimate of drug-likeness (QED) is 0.638. The van der Waals surface area contributed by atoms with Gasteiger partial charge in [0.15, 0.2) is 5.15 Å². The summed E-state index contributed by atoms with van der Waals surface area (Å²) in [5.74, 6) is -0.463. The maximum absolute atomic E-state index is 12.0. The molecule has 0 spiro atoms. The van der Waals surface area contributed by atoms with E-state index in [0.29, 0.717) is 17.8 Å². The lowest BCUT2D eigenvalue weighted by molar-refractivity contribution is -0.144. The number of benzene rings is 1. The van der Waals surface area contributed by atoms with Crippen molar-refractivity contribution in [2.24, 2.45) is 5.92 Å². The molecule has 1 unspecified atom stereocenters. The molecule has 0 radical (unpaired) electrons. The SMILES string of the molecule is COC(=O)C(C)Cc1ccc(NC(=O)Nc2cccnc2Cl)cc1. The van der Waals surface area contributed by atoms with E-state index in [0.717, 1.165) is 5.56 Å². The summed E-state index contributed by atoms with van der Waals surface area (Å²) in [4.78, 5) is 27.3. The molecule has 7 heteroatoms. The van der Waals surface area contributed by atoms with E-state index in [9.17, 15) is 9.59 Å². The van der Waals surface area contributed by atoms with E-state index in [1.165, 1.54) is 7.11 Å². The first-order valence-corrected chi connectivity index (χ1v) is 7.72. The summed E-state index contributed by atoms with van der Waals surface area (Å²) in [7, 11) is 1.37. The second kappa shape index (κ2) is 8.31. The molecule has 1 aromatic carbocycles. The van der Waals surface area contributed by atoms with Gasteiger partial charge in [0, 0.05) is 11.9 Å². The molecule has 2 N–H and O–H groups in total. The number of carbonyl (C=O) groups is 2. The normalized spacial score (nSPS) is 11.5.